The van der Waals surface area contributed by atoms with Crippen LogP contribution in [-0.2, 0) is 0 Å². The maximum atomic E-state index is 11.5. The summed E-state index contributed by atoms with van der Waals surface area (Å²) in [5.74, 6) is -0.430. The third-order valence-corrected chi connectivity index (χ3v) is 3.34. The molecule has 0 aromatic heterocycles. The Bertz CT molecular complexity index is 537. The molecule has 0 saturated heterocycles. The first-order valence-corrected chi connectivity index (χ1v) is 6.79. The summed E-state index contributed by atoms with van der Waals surface area (Å²) in [5, 5.41) is 12.8. The van der Waals surface area contributed by atoms with Crippen LogP contribution in [-0.4, -0.2) is 17.6 Å². The lowest BCUT2D eigenvalue weighted by atomic mass is 10.3. The predicted octanol–water partition coefficient (Wildman–Crippen LogP) is 4.44. The van der Waals surface area contributed by atoms with Gasteiger partial charge in [-0.15, -0.1) is 0 Å². The highest BCUT2D eigenvalue weighted by Crippen LogP contribution is 2.44. The number of rotatable bonds is 5. The van der Waals surface area contributed by atoms with Crippen molar-refractivity contribution in [3.05, 3.63) is 31.2 Å². The number of halogens is 3. The normalized spacial score (nSPS) is 10.2. The Morgan fingerprint density at radius 1 is 1.40 bits per heavy atom. The minimum atomic E-state index is -0.846. The van der Waals surface area contributed by atoms with Crippen molar-refractivity contribution >= 4 is 46.6 Å². The molecule has 0 aliphatic carbocycles. The maximum absolute atomic E-state index is 11.5. The van der Waals surface area contributed by atoms with Crippen molar-refractivity contribution in [2.24, 2.45) is 0 Å². The number of carbonyl (C=O) groups is 1. The van der Waals surface area contributed by atoms with Gasteiger partial charge in [0.15, 0.2) is 0 Å². The van der Waals surface area contributed by atoms with Crippen molar-refractivity contribution in [3.63, 3.8) is 0 Å². The van der Waals surface area contributed by atoms with Crippen molar-refractivity contribution in [2.75, 3.05) is 6.54 Å². The summed E-state index contributed by atoms with van der Waals surface area (Å²) in [5.41, 5.74) is -0.644. The molecule has 0 aliphatic rings. The number of hydrogen-bond donors (Lipinski definition) is 1. The molecule has 0 saturated carbocycles. The van der Waals surface area contributed by atoms with Gasteiger partial charge < -0.3 is 10.1 Å². The molecule has 1 amide bonds. The fraction of sp³-hybridized carbons (Fsp3) is 0.364. The molecular weight excluding hydrogens is 330 g/mol. The van der Waals surface area contributed by atoms with E-state index < -0.39 is 22.5 Å². The molecule has 0 bridgehead atoms. The highest BCUT2D eigenvalue weighted by molar-refractivity contribution is 6.45. The van der Waals surface area contributed by atoms with Crippen molar-refractivity contribution in [1.29, 1.82) is 0 Å². The smallest absolute Gasteiger partial charge is 0.401 e. The largest absolute Gasteiger partial charge is 0.412 e. The molecule has 0 aliphatic heterocycles. The number of nitrogens with zero attached hydrogens (tertiary/aromatic N) is 1. The Labute approximate surface area is 130 Å². The fourth-order valence-electron chi connectivity index (χ4n) is 1.32. The van der Waals surface area contributed by atoms with Gasteiger partial charge in [-0.25, -0.2) is 4.79 Å². The van der Waals surface area contributed by atoms with E-state index in [2.05, 4.69) is 5.32 Å². The van der Waals surface area contributed by atoms with Crippen LogP contribution < -0.4 is 10.1 Å². The average molecular weight is 342 g/mol. The summed E-state index contributed by atoms with van der Waals surface area (Å²) in [7, 11) is 0. The summed E-state index contributed by atoms with van der Waals surface area (Å²) in [6.45, 7) is 2.34. The molecule has 1 aromatic carbocycles. The quantitative estimate of drug-likeness (QED) is 0.371. The van der Waals surface area contributed by atoms with Gasteiger partial charge in [0.1, 0.15) is 5.02 Å². The summed E-state index contributed by atoms with van der Waals surface area (Å²) < 4.78 is 4.85. The first-order valence-electron chi connectivity index (χ1n) is 5.66. The van der Waals surface area contributed by atoms with E-state index in [0.717, 1.165) is 12.8 Å². The third-order valence-electron chi connectivity index (χ3n) is 2.28. The number of carbonyl (C=O) groups excluding carboxylic acids is 1. The van der Waals surface area contributed by atoms with Crippen molar-refractivity contribution < 1.29 is 14.5 Å². The second-order valence-corrected chi connectivity index (χ2v) is 4.95. The summed E-state index contributed by atoms with van der Waals surface area (Å²) >= 11 is 17.2. The first kappa shape index (κ1) is 16.8. The Morgan fingerprint density at radius 3 is 2.60 bits per heavy atom. The summed E-state index contributed by atoms with van der Waals surface area (Å²) in [6.07, 6.45) is 0.794. The van der Waals surface area contributed by atoms with E-state index in [1.54, 1.807) is 0 Å². The van der Waals surface area contributed by atoms with Gasteiger partial charge in [0, 0.05) is 6.54 Å². The van der Waals surface area contributed by atoms with Gasteiger partial charge in [0.05, 0.1) is 15.0 Å². The molecule has 1 N–H and O–H groups in total. The van der Waals surface area contributed by atoms with Gasteiger partial charge in [-0.1, -0.05) is 48.1 Å². The van der Waals surface area contributed by atoms with Crippen LogP contribution in [0.1, 0.15) is 19.8 Å². The van der Waals surface area contributed by atoms with Crippen LogP contribution in [0.25, 0.3) is 0 Å². The number of amides is 1. The molecule has 0 radical (unpaired) electrons. The fourth-order valence-corrected chi connectivity index (χ4v) is 2.02. The second kappa shape index (κ2) is 7.52. The van der Waals surface area contributed by atoms with E-state index in [9.17, 15) is 14.9 Å². The van der Waals surface area contributed by atoms with Gasteiger partial charge in [-0.3, -0.25) is 10.1 Å². The van der Waals surface area contributed by atoms with Crippen LogP contribution in [0.3, 0.4) is 0 Å². The molecule has 6 nitrogen and oxygen atoms in total. The minimum absolute atomic E-state index is 0.0953. The molecule has 0 heterocycles. The highest BCUT2D eigenvalue weighted by atomic mass is 35.5. The van der Waals surface area contributed by atoms with E-state index in [0.29, 0.717) is 6.54 Å². The topological polar surface area (TPSA) is 81.5 Å². The minimum Gasteiger partial charge on any atom is -0.401 e. The SMILES string of the molecule is CCCCNC(=O)Oc1c(Cl)cc(Cl)c(Cl)c1[N+](=O)[O-]. The number of nitrogens with one attached hydrogen (secondary N) is 1. The average Bonchev–Trinajstić information content (AvgIpc) is 2.36. The zero-order chi connectivity index (χ0) is 15.3. The van der Waals surface area contributed by atoms with Crippen LogP contribution >= 0.6 is 34.8 Å². The van der Waals surface area contributed by atoms with Crippen LogP contribution in [0.15, 0.2) is 6.07 Å². The number of unbranched alkanes of at least 4 members (excludes halogenated alkanes) is 1. The molecule has 0 fully saturated rings. The van der Waals surface area contributed by atoms with E-state index >= 15 is 0 Å². The Kier molecular flexibility index (Phi) is 6.32. The molecule has 20 heavy (non-hydrogen) atoms. The van der Waals surface area contributed by atoms with Crippen LogP contribution in [0, 0.1) is 10.1 Å². The molecular formula is C11H11Cl3N2O4. The predicted molar refractivity (Wildman–Crippen MR) is 77.1 cm³/mol. The van der Waals surface area contributed by atoms with Crippen molar-refractivity contribution in [2.45, 2.75) is 19.8 Å². The molecule has 0 spiro atoms. The van der Waals surface area contributed by atoms with Crippen LogP contribution in [0.5, 0.6) is 5.75 Å². The number of hydrogen-bond acceptors (Lipinski definition) is 4. The highest BCUT2D eigenvalue weighted by Gasteiger charge is 2.28. The Hall–Kier alpha value is -1.24. The number of ether oxygens (including phenoxy) is 1. The van der Waals surface area contributed by atoms with Gasteiger partial charge >= 0.3 is 11.8 Å². The zero-order valence-corrected chi connectivity index (χ0v) is 12.7. The standard InChI is InChI=1S/C11H11Cl3N2O4/c1-2-3-4-15-11(17)20-10-7(13)5-6(12)8(14)9(10)16(18)19/h5H,2-4H2,1H3,(H,15,17). The second-order valence-electron chi connectivity index (χ2n) is 3.76. The van der Waals surface area contributed by atoms with Gasteiger partial charge in [0.2, 0.25) is 5.75 Å². The van der Waals surface area contributed by atoms with E-state index in [-0.39, 0.29) is 15.1 Å². The molecule has 9 heteroatoms. The molecule has 0 unspecified atom stereocenters. The van der Waals surface area contributed by atoms with E-state index in [1.165, 1.54) is 6.07 Å². The zero-order valence-electron chi connectivity index (χ0n) is 10.4. The number of benzene rings is 1. The molecule has 110 valence electrons. The van der Waals surface area contributed by atoms with Crippen molar-refractivity contribution in [3.8, 4) is 5.75 Å². The maximum Gasteiger partial charge on any atom is 0.412 e. The van der Waals surface area contributed by atoms with Gasteiger partial charge in [-0.05, 0) is 12.5 Å². The number of nitro groups is 1. The lowest BCUT2D eigenvalue weighted by molar-refractivity contribution is -0.385. The van der Waals surface area contributed by atoms with Crippen LogP contribution in [0.4, 0.5) is 10.5 Å². The lowest BCUT2D eigenvalue weighted by Gasteiger charge is -2.09. The Balaban J connectivity index is 3.02. The van der Waals surface area contributed by atoms with E-state index in [1.807, 2.05) is 6.92 Å². The van der Waals surface area contributed by atoms with Gasteiger partial charge in [-0.2, -0.15) is 0 Å². The Morgan fingerprint density at radius 2 is 2.05 bits per heavy atom. The molecule has 1 aromatic rings. The van der Waals surface area contributed by atoms with E-state index in [4.69, 9.17) is 39.5 Å². The monoisotopic (exact) mass is 340 g/mol. The van der Waals surface area contributed by atoms with Gasteiger partial charge in [0.25, 0.3) is 0 Å². The molecule has 0 atom stereocenters. The first-order chi connectivity index (χ1) is 9.38. The van der Waals surface area contributed by atoms with Crippen molar-refractivity contribution in [1.82, 2.24) is 5.32 Å². The summed E-state index contributed by atoms with van der Waals surface area (Å²) in [6, 6.07) is 1.17. The number of nitro benzene ring substituents is 1. The molecule has 1 rings (SSSR count). The third kappa shape index (κ3) is 4.13. The lowest BCUT2D eigenvalue weighted by Crippen LogP contribution is -2.28. The van der Waals surface area contributed by atoms with Crippen LogP contribution in [0.2, 0.25) is 15.1 Å². The summed E-state index contributed by atoms with van der Waals surface area (Å²) in [4.78, 5) is 21.7.